The molecule has 2 heterocycles. The minimum absolute atomic E-state index is 0.611. The quantitative estimate of drug-likeness (QED) is 0.842. The maximum atomic E-state index is 6.27. The molecule has 0 unspecified atom stereocenters. The summed E-state index contributed by atoms with van der Waals surface area (Å²) < 4.78 is 12.4. The van der Waals surface area contributed by atoms with Crippen LogP contribution in [0.5, 0.6) is 5.75 Å². The first-order chi connectivity index (χ1) is 10.8. The molecule has 6 nitrogen and oxygen atoms in total. The first kappa shape index (κ1) is 15.3. The average Bonchev–Trinajstić information content (AvgIpc) is 3.02. The van der Waals surface area contributed by atoms with Gasteiger partial charge in [0.1, 0.15) is 11.4 Å². The average molecular weight is 323 g/mol. The van der Waals surface area contributed by atoms with E-state index in [1.165, 1.54) is 0 Å². The summed E-state index contributed by atoms with van der Waals surface area (Å²) in [7, 11) is 1.62. The molecule has 22 heavy (non-hydrogen) atoms. The van der Waals surface area contributed by atoms with Crippen LogP contribution in [0, 0.1) is 0 Å². The van der Waals surface area contributed by atoms with Crippen LogP contribution in [0.15, 0.2) is 24.4 Å². The number of ether oxygens (including phenoxy) is 2. The minimum Gasteiger partial charge on any atom is -0.497 e. The largest absolute Gasteiger partial charge is 0.497 e. The van der Waals surface area contributed by atoms with E-state index in [2.05, 4.69) is 15.2 Å². The van der Waals surface area contributed by atoms with Crippen molar-refractivity contribution in [2.24, 2.45) is 0 Å². The molecule has 1 aliphatic heterocycles. The van der Waals surface area contributed by atoms with Crippen molar-refractivity contribution >= 4 is 11.6 Å². The van der Waals surface area contributed by atoms with Crippen molar-refractivity contribution in [3.63, 3.8) is 0 Å². The first-order valence-corrected chi connectivity index (χ1v) is 7.68. The zero-order valence-corrected chi connectivity index (χ0v) is 13.3. The van der Waals surface area contributed by atoms with E-state index in [1.807, 2.05) is 23.0 Å². The molecule has 0 bridgehead atoms. The Kier molecular flexibility index (Phi) is 4.92. The van der Waals surface area contributed by atoms with Crippen LogP contribution >= 0.6 is 11.6 Å². The van der Waals surface area contributed by atoms with Crippen molar-refractivity contribution in [3.8, 4) is 17.0 Å². The summed E-state index contributed by atoms with van der Waals surface area (Å²) in [6.45, 7) is 5.33. The summed E-state index contributed by atoms with van der Waals surface area (Å²) in [5.74, 6) is 0.730. The van der Waals surface area contributed by atoms with Crippen molar-refractivity contribution in [2.75, 3.05) is 40.0 Å². The van der Waals surface area contributed by atoms with Gasteiger partial charge in [0.15, 0.2) is 0 Å². The number of hydrogen-bond donors (Lipinski definition) is 0. The lowest BCUT2D eigenvalue weighted by Crippen LogP contribution is -2.38. The molecule has 118 valence electrons. The molecule has 3 rings (SSSR count). The summed E-state index contributed by atoms with van der Waals surface area (Å²) in [6.07, 6.45) is 1.92. The van der Waals surface area contributed by atoms with Crippen LogP contribution in [0.25, 0.3) is 11.3 Å². The zero-order valence-electron chi connectivity index (χ0n) is 12.5. The van der Waals surface area contributed by atoms with Crippen LogP contribution in [0.2, 0.25) is 5.02 Å². The molecule has 0 amide bonds. The van der Waals surface area contributed by atoms with E-state index in [0.717, 1.165) is 56.4 Å². The Morgan fingerprint density at radius 2 is 2.09 bits per heavy atom. The van der Waals surface area contributed by atoms with Crippen LogP contribution in [0.3, 0.4) is 0 Å². The second-order valence-corrected chi connectivity index (χ2v) is 5.57. The Morgan fingerprint density at radius 3 is 2.82 bits per heavy atom. The van der Waals surface area contributed by atoms with Crippen LogP contribution < -0.4 is 4.74 Å². The predicted molar refractivity (Wildman–Crippen MR) is 84.3 cm³/mol. The number of morpholine rings is 1. The second-order valence-electron chi connectivity index (χ2n) is 5.17. The highest BCUT2D eigenvalue weighted by Crippen LogP contribution is 2.29. The van der Waals surface area contributed by atoms with Crippen LogP contribution in [-0.4, -0.2) is 59.9 Å². The van der Waals surface area contributed by atoms with Crippen molar-refractivity contribution in [2.45, 2.75) is 6.54 Å². The molecule has 1 saturated heterocycles. The number of halogens is 1. The van der Waals surface area contributed by atoms with Crippen LogP contribution in [0.4, 0.5) is 0 Å². The SMILES string of the molecule is COc1ccc(-c2cn(CCN3CCOCC3)nn2)c(Cl)c1. The molecule has 1 aromatic heterocycles. The molecule has 0 radical (unpaired) electrons. The zero-order chi connectivity index (χ0) is 15.4. The van der Waals surface area contributed by atoms with Gasteiger partial charge in [0, 0.05) is 25.2 Å². The third-order valence-electron chi connectivity index (χ3n) is 3.74. The Labute approximate surface area is 134 Å². The lowest BCUT2D eigenvalue weighted by Gasteiger charge is -2.26. The van der Waals surface area contributed by atoms with E-state index in [0.29, 0.717) is 5.02 Å². The van der Waals surface area contributed by atoms with E-state index in [4.69, 9.17) is 21.1 Å². The van der Waals surface area contributed by atoms with Gasteiger partial charge in [0.05, 0.1) is 38.1 Å². The number of aromatic nitrogens is 3. The van der Waals surface area contributed by atoms with Gasteiger partial charge in [-0.3, -0.25) is 9.58 Å². The Morgan fingerprint density at radius 1 is 1.27 bits per heavy atom. The highest BCUT2D eigenvalue weighted by molar-refractivity contribution is 6.33. The van der Waals surface area contributed by atoms with E-state index in [9.17, 15) is 0 Å². The highest BCUT2D eigenvalue weighted by Gasteiger charge is 2.12. The fourth-order valence-corrected chi connectivity index (χ4v) is 2.70. The molecule has 1 aromatic carbocycles. The molecule has 2 aromatic rings. The van der Waals surface area contributed by atoms with Crippen molar-refractivity contribution in [3.05, 3.63) is 29.4 Å². The van der Waals surface area contributed by atoms with Crippen molar-refractivity contribution in [1.82, 2.24) is 19.9 Å². The predicted octanol–water partition coefficient (Wildman–Crippen LogP) is 1.94. The maximum Gasteiger partial charge on any atom is 0.120 e. The smallest absolute Gasteiger partial charge is 0.120 e. The number of rotatable bonds is 5. The van der Waals surface area contributed by atoms with Gasteiger partial charge in [-0.1, -0.05) is 16.8 Å². The number of nitrogens with zero attached hydrogens (tertiary/aromatic N) is 4. The summed E-state index contributed by atoms with van der Waals surface area (Å²) in [5.41, 5.74) is 1.63. The van der Waals surface area contributed by atoms with Gasteiger partial charge in [-0.15, -0.1) is 5.10 Å². The Bertz CT molecular complexity index is 626. The number of benzene rings is 1. The third kappa shape index (κ3) is 3.58. The van der Waals surface area contributed by atoms with Gasteiger partial charge < -0.3 is 9.47 Å². The first-order valence-electron chi connectivity index (χ1n) is 7.30. The Hall–Kier alpha value is -1.63. The van der Waals surface area contributed by atoms with Gasteiger partial charge in [-0.05, 0) is 18.2 Å². The second kappa shape index (κ2) is 7.09. The number of methoxy groups -OCH3 is 1. The molecule has 7 heteroatoms. The maximum absolute atomic E-state index is 6.27. The summed E-state index contributed by atoms with van der Waals surface area (Å²) in [4.78, 5) is 2.37. The molecule has 0 saturated carbocycles. The molecule has 0 N–H and O–H groups in total. The normalized spacial score (nSPS) is 15.9. The van der Waals surface area contributed by atoms with Gasteiger partial charge in [0.2, 0.25) is 0 Å². The summed E-state index contributed by atoms with van der Waals surface area (Å²) >= 11 is 6.27. The van der Waals surface area contributed by atoms with Gasteiger partial charge >= 0.3 is 0 Å². The van der Waals surface area contributed by atoms with Gasteiger partial charge in [-0.2, -0.15) is 0 Å². The van der Waals surface area contributed by atoms with Crippen molar-refractivity contribution < 1.29 is 9.47 Å². The van der Waals surface area contributed by atoms with E-state index >= 15 is 0 Å². The molecule has 0 aliphatic carbocycles. The summed E-state index contributed by atoms with van der Waals surface area (Å²) in [6, 6.07) is 5.55. The monoisotopic (exact) mass is 322 g/mol. The van der Waals surface area contributed by atoms with E-state index < -0.39 is 0 Å². The van der Waals surface area contributed by atoms with E-state index in [-0.39, 0.29) is 0 Å². The molecule has 1 fully saturated rings. The molecular weight excluding hydrogens is 304 g/mol. The van der Waals surface area contributed by atoms with E-state index in [1.54, 1.807) is 13.2 Å². The fourth-order valence-electron chi connectivity index (χ4n) is 2.43. The summed E-state index contributed by atoms with van der Waals surface area (Å²) in [5, 5.41) is 9.00. The molecular formula is C15H19ClN4O2. The topological polar surface area (TPSA) is 52.4 Å². The standard InChI is InChI=1S/C15H19ClN4O2/c1-21-12-2-3-13(14(16)10-12)15-11-20(18-17-15)5-4-19-6-8-22-9-7-19/h2-3,10-11H,4-9H2,1H3. The Balaban J connectivity index is 1.65. The van der Waals surface area contributed by atoms with Crippen LogP contribution in [-0.2, 0) is 11.3 Å². The van der Waals surface area contributed by atoms with Crippen LogP contribution in [0.1, 0.15) is 0 Å². The number of hydrogen-bond acceptors (Lipinski definition) is 5. The molecule has 0 atom stereocenters. The fraction of sp³-hybridized carbons (Fsp3) is 0.467. The third-order valence-corrected chi connectivity index (χ3v) is 4.05. The van der Waals surface area contributed by atoms with Gasteiger partial charge in [-0.25, -0.2) is 0 Å². The lowest BCUT2D eigenvalue weighted by molar-refractivity contribution is 0.0359. The highest BCUT2D eigenvalue weighted by atomic mass is 35.5. The van der Waals surface area contributed by atoms with Gasteiger partial charge in [0.25, 0.3) is 0 Å². The van der Waals surface area contributed by atoms with Crippen molar-refractivity contribution in [1.29, 1.82) is 0 Å². The lowest BCUT2D eigenvalue weighted by atomic mass is 10.1. The molecule has 1 aliphatic rings. The minimum atomic E-state index is 0.611. The molecule has 0 spiro atoms.